The summed E-state index contributed by atoms with van der Waals surface area (Å²) in [6.45, 7) is 6.87. The average Bonchev–Trinajstić information content (AvgIpc) is 3.12. The van der Waals surface area contributed by atoms with Gasteiger partial charge in [0.05, 0.1) is 11.1 Å². The number of rotatable bonds is 5. The summed E-state index contributed by atoms with van der Waals surface area (Å²) in [6.07, 6.45) is -3.05. The highest BCUT2D eigenvalue weighted by atomic mass is 19.4. The van der Waals surface area contributed by atoms with Crippen LogP contribution in [0, 0.1) is 12.7 Å². The Morgan fingerprint density at radius 2 is 1.70 bits per heavy atom. The molecule has 0 N–H and O–H groups in total. The number of methoxy groups -OCH3 is 1. The molecular weight excluding hydrogens is 438 g/mol. The molecule has 4 nitrogen and oxygen atoms in total. The summed E-state index contributed by atoms with van der Waals surface area (Å²) < 4.78 is 72.5. The van der Waals surface area contributed by atoms with Crippen molar-refractivity contribution in [1.29, 1.82) is 0 Å². The normalized spacial score (nSPS) is 14.8. The summed E-state index contributed by atoms with van der Waals surface area (Å²) in [4.78, 5) is 0. The Morgan fingerprint density at radius 3 is 2.27 bits per heavy atom. The second-order valence-electron chi connectivity index (χ2n) is 7.63. The molecule has 1 aliphatic rings. The van der Waals surface area contributed by atoms with E-state index in [1.807, 2.05) is 20.8 Å². The monoisotopic (exact) mass is 467 g/mol. The van der Waals surface area contributed by atoms with Crippen LogP contribution in [0.25, 0.3) is 16.6 Å². The fraction of sp³-hybridized carbons (Fsp3) is 0.440. The van der Waals surface area contributed by atoms with Crippen LogP contribution >= 0.6 is 0 Å². The number of aromatic nitrogens is 1. The molecule has 1 aliphatic heterocycles. The number of alkyl halides is 3. The number of fused-ring (bicyclic) bond motifs is 1. The molecule has 2 aromatic carbocycles. The molecule has 0 amide bonds. The van der Waals surface area contributed by atoms with E-state index in [1.54, 1.807) is 16.7 Å². The largest absolute Gasteiger partial charge is 0.467 e. The summed E-state index contributed by atoms with van der Waals surface area (Å²) in [7, 11) is 1.41. The fourth-order valence-corrected chi connectivity index (χ4v) is 4.31. The smallest absolute Gasteiger partial charge is 0.416 e. The van der Waals surface area contributed by atoms with Gasteiger partial charge in [0.2, 0.25) is 0 Å². The first-order valence-corrected chi connectivity index (χ1v) is 11.0. The van der Waals surface area contributed by atoms with Gasteiger partial charge in [-0.15, -0.1) is 0 Å². The maximum Gasteiger partial charge on any atom is 0.416 e. The van der Waals surface area contributed by atoms with Crippen molar-refractivity contribution in [3.05, 3.63) is 59.0 Å². The maximum atomic E-state index is 13.7. The topological polar surface area (TPSA) is 32.6 Å². The minimum Gasteiger partial charge on any atom is -0.467 e. The van der Waals surface area contributed by atoms with Crippen molar-refractivity contribution in [3.8, 4) is 11.4 Å². The molecule has 0 saturated carbocycles. The van der Waals surface area contributed by atoms with Crippen molar-refractivity contribution in [2.24, 2.45) is 0 Å². The molecule has 1 saturated heterocycles. The van der Waals surface area contributed by atoms with E-state index in [1.165, 1.54) is 19.2 Å². The van der Waals surface area contributed by atoms with Crippen molar-refractivity contribution in [1.82, 2.24) is 4.57 Å². The number of hydrogen-bond donors (Lipinski definition) is 0. The zero-order valence-corrected chi connectivity index (χ0v) is 19.3. The van der Waals surface area contributed by atoms with Crippen LogP contribution < -0.4 is 4.74 Å². The van der Waals surface area contributed by atoms with Crippen molar-refractivity contribution < 1.29 is 31.8 Å². The van der Waals surface area contributed by atoms with Crippen molar-refractivity contribution in [3.63, 3.8) is 0 Å². The number of benzene rings is 2. The van der Waals surface area contributed by atoms with Gasteiger partial charge >= 0.3 is 6.18 Å². The highest BCUT2D eigenvalue weighted by Gasteiger charge is 2.34. The lowest BCUT2D eigenvalue weighted by Gasteiger charge is -2.25. The highest BCUT2D eigenvalue weighted by molar-refractivity contribution is 5.93. The van der Waals surface area contributed by atoms with E-state index in [9.17, 15) is 17.6 Å². The first kappa shape index (κ1) is 25.1. The first-order chi connectivity index (χ1) is 15.8. The third kappa shape index (κ3) is 5.17. The van der Waals surface area contributed by atoms with Gasteiger partial charge in [0.1, 0.15) is 11.6 Å². The number of halogens is 4. The van der Waals surface area contributed by atoms with E-state index in [0.29, 0.717) is 29.8 Å². The van der Waals surface area contributed by atoms with E-state index in [4.69, 9.17) is 14.2 Å². The van der Waals surface area contributed by atoms with Gasteiger partial charge in [0, 0.05) is 43.0 Å². The average molecular weight is 468 g/mol. The Kier molecular flexibility index (Phi) is 8.02. The Bertz CT molecular complexity index is 1070. The molecular formula is C25H29F4NO3. The van der Waals surface area contributed by atoms with Gasteiger partial charge in [-0.25, -0.2) is 4.39 Å². The zero-order chi connectivity index (χ0) is 24.2. The SMILES string of the molecule is CC.COCOc1cc(C(F)(F)F)cc2c1c(C)c(C1CCOCC1)n2-c1ccc(F)cc1. The van der Waals surface area contributed by atoms with Crippen LogP contribution in [0.1, 0.15) is 49.4 Å². The van der Waals surface area contributed by atoms with E-state index in [-0.39, 0.29) is 18.5 Å². The van der Waals surface area contributed by atoms with Gasteiger partial charge < -0.3 is 18.8 Å². The zero-order valence-electron chi connectivity index (χ0n) is 19.3. The Hall–Kier alpha value is -2.58. The number of nitrogens with zero attached hydrogens (tertiary/aromatic N) is 1. The van der Waals surface area contributed by atoms with Crippen LogP contribution in [0.3, 0.4) is 0 Å². The molecule has 1 fully saturated rings. The van der Waals surface area contributed by atoms with Crippen LogP contribution in [0.2, 0.25) is 0 Å². The third-order valence-electron chi connectivity index (χ3n) is 5.67. The Morgan fingerprint density at radius 1 is 1.06 bits per heavy atom. The number of hydrogen-bond acceptors (Lipinski definition) is 3. The number of aryl methyl sites for hydroxylation is 1. The molecule has 0 bridgehead atoms. The lowest BCUT2D eigenvalue weighted by molar-refractivity contribution is -0.137. The standard InChI is InChI=1S/C23H23F4NO3.C2H6/c1-14-21-19(11-16(23(25,26)27)12-20(21)31-13-29-2)28(18-5-3-17(24)4-6-18)22(14)15-7-9-30-10-8-15;1-2/h3-6,11-12,15H,7-10,13H2,1-2H3;1-2H3. The summed E-state index contributed by atoms with van der Waals surface area (Å²) >= 11 is 0. The minimum absolute atomic E-state index is 0.0933. The van der Waals surface area contributed by atoms with Crippen molar-refractivity contribution in [2.75, 3.05) is 27.1 Å². The van der Waals surface area contributed by atoms with Crippen LogP contribution in [-0.2, 0) is 15.7 Å². The van der Waals surface area contributed by atoms with E-state index < -0.39 is 17.6 Å². The summed E-state index contributed by atoms with van der Waals surface area (Å²) in [5, 5.41) is 0.593. The summed E-state index contributed by atoms with van der Waals surface area (Å²) in [6, 6.07) is 7.91. The molecule has 0 radical (unpaired) electrons. The van der Waals surface area contributed by atoms with Crippen LogP contribution in [0.4, 0.5) is 17.6 Å². The van der Waals surface area contributed by atoms with Gasteiger partial charge in [0.15, 0.2) is 6.79 Å². The Balaban J connectivity index is 0.00000149. The first-order valence-electron chi connectivity index (χ1n) is 11.0. The van der Waals surface area contributed by atoms with Crippen molar-refractivity contribution >= 4 is 10.9 Å². The molecule has 8 heteroatoms. The quantitative estimate of drug-likeness (QED) is 0.299. The van der Waals surface area contributed by atoms with Crippen molar-refractivity contribution in [2.45, 2.75) is 45.7 Å². The van der Waals surface area contributed by atoms with E-state index in [0.717, 1.165) is 36.2 Å². The second kappa shape index (κ2) is 10.6. The lowest BCUT2D eigenvalue weighted by Crippen LogP contribution is -2.17. The molecule has 0 atom stereocenters. The summed E-state index contributed by atoms with van der Waals surface area (Å²) in [5.74, 6) is -0.209. The van der Waals surface area contributed by atoms with Gasteiger partial charge in [-0.3, -0.25) is 0 Å². The Labute approximate surface area is 191 Å². The predicted octanol–water partition coefficient (Wildman–Crippen LogP) is 7.00. The maximum absolute atomic E-state index is 13.7. The van der Waals surface area contributed by atoms with Gasteiger partial charge in [-0.1, -0.05) is 13.8 Å². The predicted molar refractivity (Wildman–Crippen MR) is 120 cm³/mol. The van der Waals surface area contributed by atoms with E-state index in [2.05, 4.69) is 0 Å². The number of ether oxygens (including phenoxy) is 3. The van der Waals surface area contributed by atoms with Gasteiger partial charge in [-0.2, -0.15) is 13.2 Å². The molecule has 4 rings (SSSR count). The van der Waals surface area contributed by atoms with Crippen LogP contribution in [0.15, 0.2) is 36.4 Å². The van der Waals surface area contributed by atoms with Gasteiger partial charge in [0.25, 0.3) is 0 Å². The second-order valence-corrected chi connectivity index (χ2v) is 7.63. The highest BCUT2D eigenvalue weighted by Crippen LogP contribution is 2.44. The molecule has 180 valence electrons. The van der Waals surface area contributed by atoms with E-state index >= 15 is 0 Å². The van der Waals surface area contributed by atoms with Gasteiger partial charge in [-0.05, 0) is 61.7 Å². The molecule has 0 spiro atoms. The fourth-order valence-electron chi connectivity index (χ4n) is 4.31. The molecule has 1 aromatic heterocycles. The molecule has 33 heavy (non-hydrogen) atoms. The molecule has 3 aromatic rings. The lowest BCUT2D eigenvalue weighted by atomic mass is 9.93. The molecule has 0 unspecified atom stereocenters. The third-order valence-corrected chi connectivity index (χ3v) is 5.67. The minimum atomic E-state index is -4.55. The molecule has 2 heterocycles. The molecule has 0 aliphatic carbocycles. The summed E-state index contributed by atoms with van der Waals surface area (Å²) in [5.41, 5.74) is 1.88. The van der Waals surface area contributed by atoms with Crippen LogP contribution in [-0.4, -0.2) is 31.7 Å². The van der Waals surface area contributed by atoms with Crippen LogP contribution in [0.5, 0.6) is 5.75 Å².